The largest absolute Gasteiger partial charge is 0.382 e. The molecule has 1 aromatic carbocycles. The SMILES string of the molecule is CCOCCCC(CN)Cc1ccc(Br)cc1. The zero-order valence-electron chi connectivity index (χ0n) is 10.5. The van der Waals surface area contributed by atoms with Gasteiger partial charge >= 0.3 is 0 Å². The molecule has 0 aromatic heterocycles. The second kappa shape index (κ2) is 8.67. The maximum absolute atomic E-state index is 5.82. The molecule has 0 bridgehead atoms. The first-order chi connectivity index (χ1) is 8.26. The Morgan fingerprint density at radius 2 is 2.00 bits per heavy atom. The standard InChI is InChI=1S/C14H22BrNO/c1-2-17-9-3-4-13(11-16)10-12-5-7-14(15)8-6-12/h5-8,13H,2-4,9-11,16H2,1H3. The zero-order chi connectivity index (χ0) is 12.5. The lowest BCUT2D eigenvalue weighted by Gasteiger charge is -2.14. The van der Waals surface area contributed by atoms with Crippen molar-refractivity contribution in [3.8, 4) is 0 Å². The summed E-state index contributed by atoms with van der Waals surface area (Å²) in [6.45, 7) is 4.44. The molecule has 0 amide bonds. The minimum atomic E-state index is 0.566. The topological polar surface area (TPSA) is 35.2 Å². The van der Waals surface area contributed by atoms with Gasteiger partial charge in [0.15, 0.2) is 0 Å². The molecule has 0 saturated carbocycles. The van der Waals surface area contributed by atoms with Crippen LogP contribution in [0.3, 0.4) is 0 Å². The van der Waals surface area contributed by atoms with Crippen molar-refractivity contribution in [1.29, 1.82) is 0 Å². The molecule has 0 spiro atoms. The average molecular weight is 300 g/mol. The maximum atomic E-state index is 5.82. The monoisotopic (exact) mass is 299 g/mol. The number of halogens is 1. The molecule has 0 fully saturated rings. The molecule has 0 heterocycles. The molecule has 1 aromatic rings. The molecule has 2 N–H and O–H groups in total. The van der Waals surface area contributed by atoms with Crippen molar-refractivity contribution in [2.75, 3.05) is 19.8 Å². The average Bonchev–Trinajstić information content (AvgIpc) is 2.35. The minimum Gasteiger partial charge on any atom is -0.382 e. The van der Waals surface area contributed by atoms with Gasteiger partial charge in [0.2, 0.25) is 0 Å². The summed E-state index contributed by atoms with van der Waals surface area (Å²) in [5.41, 5.74) is 7.18. The summed E-state index contributed by atoms with van der Waals surface area (Å²) in [6, 6.07) is 8.50. The predicted molar refractivity (Wildman–Crippen MR) is 76.1 cm³/mol. The van der Waals surface area contributed by atoms with Crippen LogP contribution in [0.25, 0.3) is 0 Å². The third kappa shape index (κ3) is 6.20. The van der Waals surface area contributed by atoms with Gasteiger partial charge in [-0.2, -0.15) is 0 Å². The first-order valence-electron chi connectivity index (χ1n) is 6.28. The molecular weight excluding hydrogens is 278 g/mol. The van der Waals surface area contributed by atoms with E-state index in [2.05, 4.69) is 40.2 Å². The van der Waals surface area contributed by atoms with Gasteiger partial charge in [0, 0.05) is 17.7 Å². The molecule has 96 valence electrons. The van der Waals surface area contributed by atoms with Gasteiger partial charge in [0.25, 0.3) is 0 Å². The molecule has 2 nitrogen and oxygen atoms in total. The molecule has 17 heavy (non-hydrogen) atoms. The summed E-state index contributed by atoms with van der Waals surface area (Å²) in [5.74, 6) is 0.566. The van der Waals surface area contributed by atoms with E-state index in [1.807, 2.05) is 6.92 Å². The molecule has 3 heteroatoms. The minimum absolute atomic E-state index is 0.566. The number of hydrogen-bond donors (Lipinski definition) is 1. The zero-order valence-corrected chi connectivity index (χ0v) is 12.1. The molecule has 0 aliphatic rings. The van der Waals surface area contributed by atoms with Crippen molar-refractivity contribution in [2.24, 2.45) is 11.7 Å². The highest BCUT2D eigenvalue weighted by molar-refractivity contribution is 9.10. The van der Waals surface area contributed by atoms with Gasteiger partial charge in [-0.1, -0.05) is 28.1 Å². The Bertz CT molecular complexity index is 300. The van der Waals surface area contributed by atoms with Gasteiger partial charge in [-0.3, -0.25) is 0 Å². The number of rotatable bonds is 8. The third-order valence-corrected chi connectivity index (χ3v) is 3.40. The van der Waals surface area contributed by atoms with E-state index in [0.29, 0.717) is 5.92 Å². The second-order valence-electron chi connectivity index (χ2n) is 4.27. The molecule has 1 rings (SSSR count). The maximum Gasteiger partial charge on any atom is 0.0466 e. The van der Waals surface area contributed by atoms with E-state index in [1.165, 1.54) is 5.56 Å². The van der Waals surface area contributed by atoms with Gasteiger partial charge in [0.1, 0.15) is 0 Å². The molecule has 1 unspecified atom stereocenters. The Balaban J connectivity index is 2.33. The highest BCUT2D eigenvalue weighted by Crippen LogP contribution is 2.16. The normalized spacial score (nSPS) is 12.6. The van der Waals surface area contributed by atoms with E-state index in [1.54, 1.807) is 0 Å². The highest BCUT2D eigenvalue weighted by Gasteiger charge is 2.07. The quantitative estimate of drug-likeness (QED) is 0.747. The second-order valence-corrected chi connectivity index (χ2v) is 5.19. The van der Waals surface area contributed by atoms with Crippen LogP contribution in [0.2, 0.25) is 0 Å². The third-order valence-electron chi connectivity index (χ3n) is 2.88. The van der Waals surface area contributed by atoms with Crippen LogP contribution >= 0.6 is 15.9 Å². The van der Waals surface area contributed by atoms with Crippen LogP contribution in [-0.2, 0) is 11.2 Å². The lowest BCUT2D eigenvalue weighted by Crippen LogP contribution is -2.17. The summed E-state index contributed by atoms with van der Waals surface area (Å²) in [4.78, 5) is 0. The van der Waals surface area contributed by atoms with Crippen LogP contribution in [0.5, 0.6) is 0 Å². The molecule has 1 atom stereocenters. The van der Waals surface area contributed by atoms with Gasteiger partial charge in [0.05, 0.1) is 0 Å². The van der Waals surface area contributed by atoms with Gasteiger partial charge in [-0.25, -0.2) is 0 Å². The van der Waals surface area contributed by atoms with E-state index in [4.69, 9.17) is 10.5 Å². The predicted octanol–water partition coefficient (Wildman–Crippen LogP) is 3.38. The summed E-state index contributed by atoms with van der Waals surface area (Å²) >= 11 is 3.45. The number of benzene rings is 1. The van der Waals surface area contributed by atoms with Crippen molar-refractivity contribution in [1.82, 2.24) is 0 Å². The van der Waals surface area contributed by atoms with E-state index in [-0.39, 0.29) is 0 Å². The molecule has 0 radical (unpaired) electrons. The fourth-order valence-electron chi connectivity index (χ4n) is 1.88. The highest BCUT2D eigenvalue weighted by atomic mass is 79.9. The fraction of sp³-hybridized carbons (Fsp3) is 0.571. The summed E-state index contributed by atoms with van der Waals surface area (Å²) in [7, 11) is 0. The number of ether oxygens (including phenoxy) is 1. The van der Waals surface area contributed by atoms with Crippen LogP contribution in [0, 0.1) is 5.92 Å². The Morgan fingerprint density at radius 1 is 1.29 bits per heavy atom. The van der Waals surface area contributed by atoms with Gasteiger partial charge < -0.3 is 10.5 Å². The number of hydrogen-bond acceptors (Lipinski definition) is 2. The molecule has 0 saturated heterocycles. The Hall–Kier alpha value is -0.380. The summed E-state index contributed by atoms with van der Waals surface area (Å²) < 4.78 is 6.47. The Labute approximate surface area is 113 Å². The van der Waals surface area contributed by atoms with Crippen LogP contribution in [0.15, 0.2) is 28.7 Å². The van der Waals surface area contributed by atoms with Crippen molar-refractivity contribution in [3.05, 3.63) is 34.3 Å². The lowest BCUT2D eigenvalue weighted by atomic mass is 9.95. The van der Waals surface area contributed by atoms with Gasteiger partial charge in [-0.05, 0) is 56.3 Å². The van der Waals surface area contributed by atoms with Crippen LogP contribution in [0.1, 0.15) is 25.3 Å². The van der Waals surface area contributed by atoms with Crippen molar-refractivity contribution in [2.45, 2.75) is 26.2 Å². The van der Waals surface area contributed by atoms with Crippen LogP contribution < -0.4 is 5.73 Å². The van der Waals surface area contributed by atoms with Crippen LogP contribution in [0.4, 0.5) is 0 Å². The molecule has 0 aliphatic carbocycles. The molecular formula is C14H22BrNO. The fourth-order valence-corrected chi connectivity index (χ4v) is 2.14. The Kier molecular flexibility index (Phi) is 7.49. The lowest BCUT2D eigenvalue weighted by molar-refractivity contribution is 0.139. The smallest absolute Gasteiger partial charge is 0.0466 e. The van der Waals surface area contributed by atoms with Gasteiger partial charge in [-0.15, -0.1) is 0 Å². The van der Waals surface area contributed by atoms with Crippen LogP contribution in [-0.4, -0.2) is 19.8 Å². The van der Waals surface area contributed by atoms with E-state index in [0.717, 1.165) is 43.5 Å². The summed E-state index contributed by atoms with van der Waals surface area (Å²) in [6.07, 6.45) is 3.31. The van der Waals surface area contributed by atoms with E-state index >= 15 is 0 Å². The van der Waals surface area contributed by atoms with Crippen molar-refractivity contribution >= 4 is 15.9 Å². The van der Waals surface area contributed by atoms with E-state index in [9.17, 15) is 0 Å². The first kappa shape index (κ1) is 14.7. The summed E-state index contributed by atoms with van der Waals surface area (Å²) in [5, 5.41) is 0. The Morgan fingerprint density at radius 3 is 2.59 bits per heavy atom. The first-order valence-corrected chi connectivity index (χ1v) is 7.07. The van der Waals surface area contributed by atoms with E-state index < -0.39 is 0 Å². The molecule has 0 aliphatic heterocycles. The number of nitrogens with two attached hydrogens (primary N) is 1. The van der Waals surface area contributed by atoms with Crippen molar-refractivity contribution < 1.29 is 4.74 Å². The van der Waals surface area contributed by atoms with Crippen molar-refractivity contribution in [3.63, 3.8) is 0 Å².